The molecule has 140 valence electrons. The summed E-state index contributed by atoms with van der Waals surface area (Å²) in [6.07, 6.45) is 7.68. The van der Waals surface area contributed by atoms with E-state index in [1.165, 1.54) is 0 Å². The van der Waals surface area contributed by atoms with Crippen molar-refractivity contribution in [1.29, 1.82) is 0 Å². The number of nitrogens with zero attached hydrogens (tertiary/aromatic N) is 1. The Morgan fingerprint density at radius 2 is 1.61 bits per heavy atom. The summed E-state index contributed by atoms with van der Waals surface area (Å²) >= 11 is 0. The van der Waals surface area contributed by atoms with Crippen LogP contribution in [0.25, 0.3) is 11.3 Å². The number of carbonyl (C=O) groups is 1. The van der Waals surface area contributed by atoms with Crippen molar-refractivity contribution in [2.24, 2.45) is 0 Å². The second-order valence-corrected chi connectivity index (χ2v) is 6.68. The Labute approximate surface area is 166 Å². The van der Waals surface area contributed by atoms with Crippen molar-refractivity contribution in [2.75, 3.05) is 0 Å². The van der Waals surface area contributed by atoms with Crippen LogP contribution < -0.4 is 5.32 Å². The van der Waals surface area contributed by atoms with Gasteiger partial charge in [-0.1, -0.05) is 54.6 Å². The van der Waals surface area contributed by atoms with Crippen molar-refractivity contribution in [3.05, 3.63) is 120 Å². The Balaban J connectivity index is 1.87. The molecule has 0 atom stereocenters. The van der Waals surface area contributed by atoms with Crippen LogP contribution in [0.4, 0.5) is 0 Å². The molecule has 0 saturated carbocycles. The van der Waals surface area contributed by atoms with Gasteiger partial charge in [-0.15, -0.1) is 0 Å². The van der Waals surface area contributed by atoms with E-state index in [0.29, 0.717) is 5.56 Å². The minimum Gasteiger partial charge on any atom is -0.324 e. The van der Waals surface area contributed by atoms with E-state index in [0.717, 1.165) is 28.1 Å². The normalized spacial score (nSPS) is 11.0. The van der Waals surface area contributed by atoms with Crippen molar-refractivity contribution in [2.45, 2.75) is 13.8 Å². The molecular weight excluding hydrogens is 344 g/mol. The van der Waals surface area contributed by atoms with Crippen LogP contribution >= 0.6 is 0 Å². The molecule has 0 fully saturated rings. The first-order valence-electron chi connectivity index (χ1n) is 9.20. The van der Waals surface area contributed by atoms with Crippen molar-refractivity contribution in [3.8, 4) is 5.69 Å². The first-order chi connectivity index (χ1) is 13.6. The fraction of sp³-hybridized carbons (Fsp3) is 0.0800. The van der Waals surface area contributed by atoms with Gasteiger partial charge in [0.1, 0.15) is 0 Å². The van der Waals surface area contributed by atoms with E-state index in [9.17, 15) is 4.79 Å². The number of carbonyl (C=O) groups excluding carboxylic acids is 1. The molecule has 2 aromatic carbocycles. The summed E-state index contributed by atoms with van der Waals surface area (Å²) in [4.78, 5) is 12.9. The third kappa shape index (κ3) is 4.57. The highest BCUT2D eigenvalue weighted by molar-refractivity contribution is 5.96. The minimum absolute atomic E-state index is 0.141. The lowest BCUT2D eigenvalue weighted by molar-refractivity contribution is 0.0966. The van der Waals surface area contributed by atoms with E-state index in [1.807, 2.05) is 104 Å². The third-order valence-electron chi connectivity index (χ3n) is 4.42. The molecule has 1 N–H and O–H groups in total. The second-order valence-electron chi connectivity index (χ2n) is 6.68. The number of nitrogens with one attached hydrogen (secondary N) is 1. The minimum atomic E-state index is -0.141. The standard InChI is InChI=1S/C25H24N2O/c1-4-20(21-11-6-5-7-12-21)18-24(19(2)3)26-25(28)22-13-10-14-23(17-22)27-15-8-9-16-27/h4-18H,1H2,2-3H3,(H,26,28)/b20-18+. The number of aromatic nitrogens is 1. The van der Waals surface area contributed by atoms with Crippen LogP contribution in [0.3, 0.4) is 0 Å². The Morgan fingerprint density at radius 1 is 0.929 bits per heavy atom. The molecular formula is C25H24N2O. The highest BCUT2D eigenvalue weighted by atomic mass is 16.1. The van der Waals surface area contributed by atoms with Crippen LogP contribution in [0.5, 0.6) is 0 Å². The van der Waals surface area contributed by atoms with Gasteiger partial charge in [0.05, 0.1) is 0 Å². The van der Waals surface area contributed by atoms with Gasteiger partial charge in [-0.25, -0.2) is 0 Å². The first-order valence-corrected chi connectivity index (χ1v) is 9.20. The van der Waals surface area contributed by atoms with E-state index >= 15 is 0 Å². The molecule has 1 heterocycles. The van der Waals surface area contributed by atoms with Gasteiger partial charge in [-0.2, -0.15) is 0 Å². The van der Waals surface area contributed by atoms with Crippen molar-refractivity contribution < 1.29 is 4.79 Å². The number of amides is 1. The largest absolute Gasteiger partial charge is 0.324 e. The summed E-state index contributed by atoms with van der Waals surface area (Å²) in [7, 11) is 0. The molecule has 0 saturated heterocycles. The SMILES string of the molecule is C=C/C(=C\C(NC(=O)c1cccc(-n2cccc2)c1)=C(C)C)c1ccccc1. The highest BCUT2D eigenvalue weighted by Gasteiger charge is 2.10. The van der Waals surface area contributed by atoms with Gasteiger partial charge in [-0.05, 0) is 61.4 Å². The molecule has 0 spiro atoms. The molecule has 0 aliphatic rings. The van der Waals surface area contributed by atoms with Gasteiger partial charge in [0, 0.05) is 29.3 Å². The number of allylic oxidation sites excluding steroid dienone is 4. The zero-order valence-electron chi connectivity index (χ0n) is 16.2. The third-order valence-corrected chi connectivity index (χ3v) is 4.42. The van der Waals surface area contributed by atoms with E-state index in [2.05, 4.69) is 11.9 Å². The van der Waals surface area contributed by atoms with Gasteiger partial charge >= 0.3 is 0 Å². The van der Waals surface area contributed by atoms with Crippen LogP contribution in [0.2, 0.25) is 0 Å². The summed E-state index contributed by atoms with van der Waals surface area (Å²) < 4.78 is 1.98. The zero-order chi connectivity index (χ0) is 19.9. The van der Waals surface area contributed by atoms with Gasteiger partial charge in [0.15, 0.2) is 0 Å². The predicted octanol–water partition coefficient (Wildman–Crippen LogP) is 5.77. The van der Waals surface area contributed by atoms with Crippen LogP contribution in [0.1, 0.15) is 29.8 Å². The molecule has 1 aromatic heterocycles. The maximum atomic E-state index is 12.9. The maximum absolute atomic E-state index is 12.9. The summed E-state index contributed by atoms with van der Waals surface area (Å²) in [5.41, 5.74) is 5.36. The molecule has 0 radical (unpaired) electrons. The molecule has 3 nitrogen and oxygen atoms in total. The first kappa shape index (κ1) is 19.2. The van der Waals surface area contributed by atoms with Gasteiger partial charge in [-0.3, -0.25) is 4.79 Å². The summed E-state index contributed by atoms with van der Waals surface area (Å²) in [5.74, 6) is -0.141. The van der Waals surface area contributed by atoms with Crippen LogP contribution in [0, 0.1) is 0 Å². The molecule has 0 bridgehead atoms. The molecule has 0 aliphatic carbocycles. The lowest BCUT2D eigenvalue weighted by Gasteiger charge is -2.12. The highest BCUT2D eigenvalue weighted by Crippen LogP contribution is 2.19. The fourth-order valence-electron chi connectivity index (χ4n) is 2.86. The summed E-state index contributed by atoms with van der Waals surface area (Å²) in [6.45, 7) is 7.88. The molecule has 3 rings (SSSR count). The molecule has 3 aromatic rings. The predicted molar refractivity (Wildman–Crippen MR) is 116 cm³/mol. The van der Waals surface area contributed by atoms with Gasteiger partial charge in [0.2, 0.25) is 0 Å². The lowest BCUT2D eigenvalue weighted by atomic mass is 10.0. The molecule has 0 unspecified atom stereocenters. The number of hydrogen-bond donors (Lipinski definition) is 1. The number of benzene rings is 2. The second kappa shape index (κ2) is 8.87. The van der Waals surface area contributed by atoms with E-state index in [4.69, 9.17) is 0 Å². The molecule has 1 amide bonds. The molecule has 0 aliphatic heterocycles. The van der Waals surface area contributed by atoms with Crippen molar-refractivity contribution >= 4 is 11.5 Å². The van der Waals surface area contributed by atoms with Gasteiger partial charge in [0.25, 0.3) is 5.91 Å². The average Bonchev–Trinajstić information content (AvgIpc) is 3.26. The Bertz CT molecular complexity index is 1020. The van der Waals surface area contributed by atoms with Crippen molar-refractivity contribution in [3.63, 3.8) is 0 Å². The average molecular weight is 368 g/mol. The topological polar surface area (TPSA) is 34.0 Å². The number of hydrogen-bond acceptors (Lipinski definition) is 1. The Hall–Kier alpha value is -3.59. The van der Waals surface area contributed by atoms with Crippen LogP contribution in [-0.2, 0) is 0 Å². The zero-order valence-corrected chi connectivity index (χ0v) is 16.2. The van der Waals surface area contributed by atoms with E-state index < -0.39 is 0 Å². The molecule has 3 heteroatoms. The van der Waals surface area contributed by atoms with Gasteiger partial charge < -0.3 is 9.88 Å². The lowest BCUT2D eigenvalue weighted by Crippen LogP contribution is -2.23. The Morgan fingerprint density at radius 3 is 2.25 bits per heavy atom. The maximum Gasteiger partial charge on any atom is 0.255 e. The smallest absolute Gasteiger partial charge is 0.255 e. The Kier molecular flexibility index (Phi) is 6.07. The quantitative estimate of drug-likeness (QED) is 0.551. The van der Waals surface area contributed by atoms with Crippen molar-refractivity contribution in [1.82, 2.24) is 9.88 Å². The summed E-state index contributed by atoms with van der Waals surface area (Å²) in [5, 5.41) is 3.05. The summed E-state index contributed by atoms with van der Waals surface area (Å²) in [6, 6.07) is 21.5. The fourth-order valence-corrected chi connectivity index (χ4v) is 2.86. The monoisotopic (exact) mass is 368 g/mol. The number of rotatable bonds is 6. The van der Waals surface area contributed by atoms with Crippen LogP contribution in [-0.4, -0.2) is 10.5 Å². The van der Waals surface area contributed by atoms with E-state index in [-0.39, 0.29) is 5.91 Å². The van der Waals surface area contributed by atoms with E-state index in [1.54, 1.807) is 6.08 Å². The van der Waals surface area contributed by atoms with Crippen LogP contribution in [0.15, 0.2) is 109 Å². The molecule has 28 heavy (non-hydrogen) atoms.